The normalized spacial score (nSPS) is 23.9. The summed E-state index contributed by atoms with van der Waals surface area (Å²) < 4.78 is 5.68. The van der Waals surface area contributed by atoms with Crippen LogP contribution in [0.1, 0.15) is 31.5 Å². The van der Waals surface area contributed by atoms with Gasteiger partial charge in [-0.3, -0.25) is 0 Å². The van der Waals surface area contributed by atoms with Crippen LogP contribution in [-0.2, 0) is 4.74 Å². The van der Waals surface area contributed by atoms with Crippen molar-refractivity contribution in [1.82, 2.24) is 15.0 Å². The molecule has 0 amide bonds. The van der Waals surface area contributed by atoms with E-state index < -0.39 is 0 Å². The van der Waals surface area contributed by atoms with Gasteiger partial charge in [0.05, 0.1) is 16.6 Å². The van der Waals surface area contributed by atoms with Crippen molar-refractivity contribution in [2.24, 2.45) is 0 Å². The minimum Gasteiger partial charge on any atom is -0.377 e. The van der Waals surface area contributed by atoms with Crippen molar-refractivity contribution in [1.29, 1.82) is 0 Å². The van der Waals surface area contributed by atoms with E-state index in [0.29, 0.717) is 16.6 Å². The van der Waals surface area contributed by atoms with Crippen molar-refractivity contribution in [3.05, 3.63) is 22.1 Å². The molecule has 6 heteroatoms. The van der Waals surface area contributed by atoms with Crippen LogP contribution < -0.4 is 0 Å². The van der Waals surface area contributed by atoms with Crippen LogP contribution in [0.25, 0.3) is 11.2 Å². The molecule has 2 aromatic rings. The summed E-state index contributed by atoms with van der Waals surface area (Å²) in [6.07, 6.45) is 2.20. The zero-order chi connectivity index (χ0) is 12.7. The van der Waals surface area contributed by atoms with Crippen molar-refractivity contribution in [2.75, 3.05) is 6.61 Å². The van der Waals surface area contributed by atoms with Gasteiger partial charge in [0.1, 0.15) is 11.0 Å². The Balaban J connectivity index is 2.03. The summed E-state index contributed by atoms with van der Waals surface area (Å²) in [5.74, 6) is 1.22. The second kappa shape index (κ2) is 4.68. The highest BCUT2D eigenvalue weighted by Crippen LogP contribution is 2.33. The number of hydrogen-bond acceptors (Lipinski definition) is 3. The second-order valence-corrected chi connectivity index (χ2v) is 5.23. The van der Waals surface area contributed by atoms with Crippen LogP contribution in [0.2, 0.25) is 10.2 Å². The lowest BCUT2D eigenvalue weighted by molar-refractivity contribution is 0.0996. The SMILES string of the molecule is CCC1OCCC1c1nc2nc(Cl)c(Cl)cc2[nH]1. The van der Waals surface area contributed by atoms with E-state index >= 15 is 0 Å². The lowest BCUT2D eigenvalue weighted by Gasteiger charge is -2.13. The molecule has 0 bridgehead atoms. The fraction of sp³-hybridized carbons (Fsp3) is 0.500. The molecule has 2 atom stereocenters. The summed E-state index contributed by atoms with van der Waals surface area (Å²) in [6.45, 7) is 2.91. The number of aromatic nitrogens is 3. The van der Waals surface area contributed by atoms with Crippen LogP contribution in [0.3, 0.4) is 0 Å². The van der Waals surface area contributed by atoms with Gasteiger partial charge in [0.2, 0.25) is 0 Å². The van der Waals surface area contributed by atoms with Gasteiger partial charge in [0.15, 0.2) is 5.65 Å². The summed E-state index contributed by atoms with van der Waals surface area (Å²) in [5, 5.41) is 0.728. The fourth-order valence-electron chi connectivity index (χ4n) is 2.45. The highest BCUT2D eigenvalue weighted by molar-refractivity contribution is 6.41. The van der Waals surface area contributed by atoms with Gasteiger partial charge in [-0.15, -0.1) is 0 Å². The molecule has 1 aliphatic heterocycles. The molecule has 2 aromatic heterocycles. The van der Waals surface area contributed by atoms with Crippen LogP contribution >= 0.6 is 23.2 Å². The molecular weight excluding hydrogens is 273 g/mol. The zero-order valence-corrected chi connectivity index (χ0v) is 11.4. The summed E-state index contributed by atoms with van der Waals surface area (Å²) in [4.78, 5) is 11.9. The standard InChI is InChI=1S/C12H13Cl2N3O/c1-2-9-6(3-4-18-9)11-15-8-5-7(13)10(14)16-12(8)17-11/h5-6,9H,2-4H2,1H3,(H,15,16,17). The molecule has 0 radical (unpaired) electrons. The Labute approximate surface area is 115 Å². The molecule has 1 N–H and O–H groups in total. The number of nitrogens with one attached hydrogen (secondary N) is 1. The van der Waals surface area contributed by atoms with Crippen LogP contribution in [-0.4, -0.2) is 27.7 Å². The molecule has 0 saturated carbocycles. The number of pyridine rings is 1. The number of nitrogens with zero attached hydrogens (tertiary/aromatic N) is 2. The Morgan fingerprint density at radius 2 is 2.28 bits per heavy atom. The molecule has 1 saturated heterocycles. The molecule has 0 spiro atoms. The molecule has 18 heavy (non-hydrogen) atoms. The molecule has 3 rings (SSSR count). The Morgan fingerprint density at radius 1 is 1.44 bits per heavy atom. The van der Waals surface area contributed by atoms with Gasteiger partial charge in [-0.25, -0.2) is 9.97 Å². The fourth-order valence-corrected chi connectivity index (χ4v) is 2.74. The third-order valence-corrected chi connectivity index (χ3v) is 4.04. The van der Waals surface area contributed by atoms with Crippen molar-refractivity contribution < 1.29 is 4.74 Å². The van der Waals surface area contributed by atoms with Gasteiger partial charge in [-0.2, -0.15) is 0 Å². The van der Waals surface area contributed by atoms with Gasteiger partial charge in [0.25, 0.3) is 0 Å². The first-order chi connectivity index (χ1) is 8.69. The Hall–Kier alpha value is -0.840. The Kier molecular flexibility index (Phi) is 3.18. The number of H-pyrrole nitrogens is 1. The summed E-state index contributed by atoms with van der Waals surface area (Å²) in [7, 11) is 0. The average molecular weight is 286 g/mol. The number of imidazole rings is 1. The number of hydrogen-bond donors (Lipinski definition) is 1. The largest absolute Gasteiger partial charge is 0.377 e. The predicted molar refractivity (Wildman–Crippen MR) is 71.3 cm³/mol. The molecule has 0 aromatic carbocycles. The Morgan fingerprint density at radius 3 is 3.06 bits per heavy atom. The van der Waals surface area contributed by atoms with Crippen LogP contribution in [0.4, 0.5) is 0 Å². The van der Waals surface area contributed by atoms with E-state index in [1.165, 1.54) is 0 Å². The average Bonchev–Trinajstić information content (AvgIpc) is 2.95. The van der Waals surface area contributed by atoms with E-state index in [4.69, 9.17) is 27.9 Å². The van der Waals surface area contributed by atoms with Crippen LogP contribution in [0.15, 0.2) is 6.07 Å². The molecule has 3 heterocycles. The first kappa shape index (κ1) is 12.2. The van der Waals surface area contributed by atoms with Crippen molar-refractivity contribution in [3.63, 3.8) is 0 Å². The first-order valence-corrected chi connectivity index (χ1v) is 6.78. The summed E-state index contributed by atoms with van der Waals surface area (Å²) in [5.41, 5.74) is 1.43. The van der Waals surface area contributed by atoms with E-state index in [0.717, 1.165) is 30.8 Å². The third-order valence-electron chi connectivity index (χ3n) is 3.37. The van der Waals surface area contributed by atoms with Gasteiger partial charge < -0.3 is 9.72 Å². The topological polar surface area (TPSA) is 50.8 Å². The number of fused-ring (bicyclic) bond motifs is 1. The summed E-state index contributed by atoms with van der Waals surface area (Å²) in [6, 6.07) is 1.76. The molecule has 2 unspecified atom stereocenters. The van der Waals surface area contributed by atoms with E-state index in [1.807, 2.05) is 0 Å². The van der Waals surface area contributed by atoms with Gasteiger partial charge in [0, 0.05) is 12.5 Å². The number of halogens is 2. The second-order valence-electron chi connectivity index (χ2n) is 4.47. The summed E-state index contributed by atoms with van der Waals surface area (Å²) >= 11 is 11.8. The maximum Gasteiger partial charge on any atom is 0.179 e. The minimum absolute atomic E-state index is 0.233. The molecule has 1 fully saturated rings. The van der Waals surface area contributed by atoms with E-state index in [-0.39, 0.29) is 11.3 Å². The van der Waals surface area contributed by atoms with E-state index in [1.54, 1.807) is 6.07 Å². The number of rotatable bonds is 2. The Bertz CT molecular complexity index is 545. The van der Waals surface area contributed by atoms with E-state index in [9.17, 15) is 0 Å². The predicted octanol–water partition coefficient (Wildman–Crippen LogP) is 3.55. The maximum absolute atomic E-state index is 5.95. The van der Waals surface area contributed by atoms with Gasteiger partial charge >= 0.3 is 0 Å². The van der Waals surface area contributed by atoms with Crippen LogP contribution in [0, 0.1) is 0 Å². The molecular formula is C12H13Cl2N3O. The monoisotopic (exact) mass is 285 g/mol. The molecule has 1 aliphatic rings. The van der Waals surface area contributed by atoms with E-state index in [2.05, 4.69) is 21.9 Å². The molecule has 96 valence electrons. The highest BCUT2D eigenvalue weighted by atomic mass is 35.5. The lowest BCUT2D eigenvalue weighted by Crippen LogP contribution is -2.14. The number of aromatic amines is 1. The zero-order valence-electron chi connectivity index (χ0n) is 9.91. The number of ether oxygens (including phenoxy) is 1. The first-order valence-electron chi connectivity index (χ1n) is 6.02. The molecule has 0 aliphatic carbocycles. The molecule has 4 nitrogen and oxygen atoms in total. The maximum atomic E-state index is 5.95. The highest BCUT2D eigenvalue weighted by Gasteiger charge is 2.30. The quantitative estimate of drug-likeness (QED) is 0.859. The van der Waals surface area contributed by atoms with Crippen molar-refractivity contribution >= 4 is 34.4 Å². The van der Waals surface area contributed by atoms with Crippen molar-refractivity contribution in [3.8, 4) is 0 Å². The van der Waals surface area contributed by atoms with Gasteiger partial charge in [-0.1, -0.05) is 30.1 Å². The van der Waals surface area contributed by atoms with Crippen molar-refractivity contribution in [2.45, 2.75) is 31.8 Å². The minimum atomic E-state index is 0.233. The van der Waals surface area contributed by atoms with Crippen LogP contribution in [0.5, 0.6) is 0 Å². The lowest BCUT2D eigenvalue weighted by atomic mass is 9.99. The van der Waals surface area contributed by atoms with Gasteiger partial charge in [-0.05, 0) is 18.9 Å². The third kappa shape index (κ3) is 1.98. The smallest absolute Gasteiger partial charge is 0.179 e.